The third-order valence-corrected chi connectivity index (χ3v) is 5.15. The van der Waals surface area contributed by atoms with Gasteiger partial charge in [-0.3, -0.25) is 9.59 Å². The van der Waals surface area contributed by atoms with Crippen LogP contribution in [0.1, 0.15) is 22.8 Å². The van der Waals surface area contributed by atoms with Crippen LogP contribution in [0.15, 0.2) is 82.4 Å². The van der Waals surface area contributed by atoms with E-state index in [2.05, 4.69) is 31.8 Å². The predicted molar refractivity (Wildman–Crippen MR) is 126 cm³/mol. The Morgan fingerprint density at radius 1 is 0.875 bits per heavy atom. The van der Waals surface area contributed by atoms with Gasteiger partial charge in [0.1, 0.15) is 5.75 Å². The van der Waals surface area contributed by atoms with E-state index in [0.29, 0.717) is 32.0 Å². The standard InChI is InChI=1S/C23H17BrClN3O4/c1-14(27-28-22(30)21(29)26-16-12-10-15(25)11-13-16)17-6-3-5-9-20(17)32-23(31)18-7-2-4-8-19(18)24/h2-13H,1H3,(H,26,29)(H,28,30)/b27-14+. The second-order valence-corrected chi connectivity index (χ2v) is 7.76. The van der Waals surface area contributed by atoms with Gasteiger partial charge in [-0.05, 0) is 71.4 Å². The highest BCUT2D eigenvalue weighted by atomic mass is 79.9. The number of ether oxygens (including phenoxy) is 1. The third-order valence-electron chi connectivity index (χ3n) is 4.21. The summed E-state index contributed by atoms with van der Waals surface area (Å²) in [5.74, 6) is -2.14. The molecule has 0 saturated carbocycles. The van der Waals surface area contributed by atoms with Crippen molar-refractivity contribution in [3.8, 4) is 5.75 Å². The molecule has 0 unspecified atom stereocenters. The van der Waals surface area contributed by atoms with Gasteiger partial charge in [0.15, 0.2) is 0 Å². The fourth-order valence-electron chi connectivity index (χ4n) is 2.60. The van der Waals surface area contributed by atoms with E-state index in [4.69, 9.17) is 16.3 Å². The molecule has 0 aliphatic rings. The number of nitrogens with zero attached hydrogens (tertiary/aromatic N) is 1. The second-order valence-electron chi connectivity index (χ2n) is 6.46. The molecule has 0 fully saturated rings. The van der Waals surface area contributed by atoms with Crippen LogP contribution in [0.3, 0.4) is 0 Å². The normalized spacial score (nSPS) is 10.9. The van der Waals surface area contributed by atoms with Crippen molar-refractivity contribution < 1.29 is 19.1 Å². The van der Waals surface area contributed by atoms with Crippen LogP contribution in [0.5, 0.6) is 5.75 Å². The average Bonchev–Trinajstić information content (AvgIpc) is 2.79. The molecule has 0 spiro atoms. The molecule has 0 aromatic heterocycles. The van der Waals surface area contributed by atoms with Gasteiger partial charge in [0.25, 0.3) is 0 Å². The maximum Gasteiger partial charge on any atom is 0.344 e. The van der Waals surface area contributed by atoms with Crippen molar-refractivity contribution >= 4 is 56.7 Å². The minimum Gasteiger partial charge on any atom is -0.422 e. The molecule has 9 heteroatoms. The summed E-state index contributed by atoms with van der Waals surface area (Å²) in [5, 5.41) is 6.91. The fourth-order valence-corrected chi connectivity index (χ4v) is 3.18. The Balaban J connectivity index is 1.69. The number of halogens is 2. The summed E-state index contributed by atoms with van der Waals surface area (Å²) in [6.07, 6.45) is 0. The topological polar surface area (TPSA) is 96.9 Å². The van der Waals surface area contributed by atoms with Gasteiger partial charge in [-0.25, -0.2) is 10.2 Å². The zero-order chi connectivity index (χ0) is 23.1. The summed E-state index contributed by atoms with van der Waals surface area (Å²) < 4.78 is 6.13. The highest BCUT2D eigenvalue weighted by molar-refractivity contribution is 9.10. The Morgan fingerprint density at radius 2 is 1.50 bits per heavy atom. The number of hydrogen-bond acceptors (Lipinski definition) is 5. The number of esters is 1. The molecule has 0 saturated heterocycles. The van der Waals surface area contributed by atoms with E-state index in [1.165, 1.54) is 0 Å². The van der Waals surface area contributed by atoms with Crippen LogP contribution in [0.2, 0.25) is 5.02 Å². The minimum atomic E-state index is -0.956. The third kappa shape index (κ3) is 6.03. The summed E-state index contributed by atoms with van der Waals surface area (Å²) >= 11 is 9.12. The molecule has 162 valence electrons. The van der Waals surface area contributed by atoms with E-state index in [0.717, 1.165) is 0 Å². The average molecular weight is 515 g/mol. The lowest BCUT2D eigenvalue weighted by atomic mass is 10.1. The van der Waals surface area contributed by atoms with Crippen molar-refractivity contribution in [1.82, 2.24) is 5.43 Å². The second kappa shape index (κ2) is 10.7. The van der Waals surface area contributed by atoms with Crippen molar-refractivity contribution in [3.05, 3.63) is 93.4 Å². The van der Waals surface area contributed by atoms with Crippen LogP contribution in [-0.4, -0.2) is 23.5 Å². The van der Waals surface area contributed by atoms with Crippen molar-refractivity contribution in [3.63, 3.8) is 0 Å². The Hall–Kier alpha value is -3.49. The predicted octanol–water partition coefficient (Wildman–Crippen LogP) is 4.80. The Morgan fingerprint density at radius 3 is 2.19 bits per heavy atom. The van der Waals surface area contributed by atoms with Crippen molar-refractivity contribution in [2.24, 2.45) is 5.10 Å². The Bertz CT molecular complexity index is 1200. The summed E-state index contributed by atoms with van der Waals surface area (Å²) in [6.45, 7) is 1.61. The molecule has 3 aromatic rings. The smallest absolute Gasteiger partial charge is 0.344 e. The maximum absolute atomic E-state index is 12.5. The Kier molecular flexibility index (Phi) is 7.75. The van der Waals surface area contributed by atoms with Gasteiger partial charge in [0.2, 0.25) is 0 Å². The molecule has 3 aromatic carbocycles. The van der Waals surface area contributed by atoms with Crippen LogP contribution in [0.25, 0.3) is 0 Å². The molecule has 0 radical (unpaired) electrons. The highest BCUT2D eigenvalue weighted by Crippen LogP contribution is 2.23. The number of anilines is 1. The quantitative estimate of drug-likeness (QED) is 0.168. The molecule has 0 heterocycles. The molecule has 0 bridgehead atoms. The first kappa shape index (κ1) is 23.2. The van der Waals surface area contributed by atoms with E-state index in [1.54, 1.807) is 79.7 Å². The van der Waals surface area contributed by atoms with Crippen LogP contribution in [0.4, 0.5) is 5.69 Å². The van der Waals surface area contributed by atoms with Crippen LogP contribution in [0, 0.1) is 0 Å². The molecular formula is C23H17BrClN3O4. The van der Waals surface area contributed by atoms with Gasteiger partial charge in [-0.1, -0.05) is 35.9 Å². The lowest BCUT2D eigenvalue weighted by molar-refractivity contribution is -0.136. The number of benzene rings is 3. The zero-order valence-corrected chi connectivity index (χ0v) is 19.1. The lowest BCUT2D eigenvalue weighted by Crippen LogP contribution is -2.33. The number of hydrazone groups is 1. The van der Waals surface area contributed by atoms with Gasteiger partial charge in [0, 0.05) is 20.7 Å². The molecule has 0 atom stereocenters. The van der Waals surface area contributed by atoms with E-state index < -0.39 is 17.8 Å². The first-order valence-corrected chi connectivity index (χ1v) is 10.5. The van der Waals surface area contributed by atoms with Crippen molar-refractivity contribution in [2.75, 3.05) is 5.32 Å². The van der Waals surface area contributed by atoms with E-state index in [1.807, 2.05) is 0 Å². The van der Waals surface area contributed by atoms with E-state index in [9.17, 15) is 14.4 Å². The molecule has 32 heavy (non-hydrogen) atoms. The summed E-state index contributed by atoms with van der Waals surface area (Å²) in [6, 6.07) is 19.9. The molecule has 0 aliphatic heterocycles. The van der Waals surface area contributed by atoms with Gasteiger partial charge < -0.3 is 10.1 Å². The van der Waals surface area contributed by atoms with E-state index in [-0.39, 0.29) is 5.75 Å². The van der Waals surface area contributed by atoms with Crippen LogP contribution >= 0.6 is 27.5 Å². The number of carbonyl (C=O) groups is 3. The van der Waals surface area contributed by atoms with Crippen LogP contribution in [-0.2, 0) is 9.59 Å². The first-order chi connectivity index (χ1) is 15.3. The summed E-state index contributed by atoms with van der Waals surface area (Å²) in [4.78, 5) is 36.7. The van der Waals surface area contributed by atoms with Crippen molar-refractivity contribution in [1.29, 1.82) is 0 Å². The molecule has 2 amide bonds. The summed E-state index contributed by atoms with van der Waals surface area (Å²) in [5.41, 5.74) is 3.80. The summed E-state index contributed by atoms with van der Waals surface area (Å²) in [7, 11) is 0. The molecule has 2 N–H and O–H groups in total. The number of amides is 2. The number of hydrogen-bond donors (Lipinski definition) is 2. The van der Waals surface area contributed by atoms with Crippen LogP contribution < -0.4 is 15.5 Å². The van der Waals surface area contributed by atoms with Gasteiger partial charge >= 0.3 is 17.8 Å². The largest absolute Gasteiger partial charge is 0.422 e. The van der Waals surface area contributed by atoms with Gasteiger partial charge in [-0.2, -0.15) is 5.10 Å². The molecule has 0 aliphatic carbocycles. The molecular weight excluding hydrogens is 498 g/mol. The van der Waals surface area contributed by atoms with Crippen molar-refractivity contribution in [2.45, 2.75) is 6.92 Å². The van der Waals surface area contributed by atoms with Gasteiger partial charge in [0.05, 0.1) is 11.3 Å². The monoisotopic (exact) mass is 513 g/mol. The minimum absolute atomic E-state index is 0.259. The molecule has 7 nitrogen and oxygen atoms in total. The lowest BCUT2D eigenvalue weighted by Gasteiger charge is -2.11. The number of carbonyl (C=O) groups excluding carboxylic acids is 3. The first-order valence-electron chi connectivity index (χ1n) is 9.32. The fraction of sp³-hybridized carbons (Fsp3) is 0.0435. The number of rotatable bonds is 5. The SMILES string of the molecule is C/C(=N\NC(=O)C(=O)Nc1ccc(Cl)cc1)c1ccccc1OC(=O)c1ccccc1Br. The highest BCUT2D eigenvalue weighted by Gasteiger charge is 2.17. The number of nitrogens with one attached hydrogen (secondary N) is 2. The Labute approximate surface area is 197 Å². The zero-order valence-electron chi connectivity index (χ0n) is 16.8. The van der Waals surface area contributed by atoms with E-state index >= 15 is 0 Å². The van der Waals surface area contributed by atoms with Gasteiger partial charge in [-0.15, -0.1) is 0 Å². The number of para-hydroxylation sites is 1. The molecule has 3 rings (SSSR count). The maximum atomic E-state index is 12.5.